The monoisotopic (exact) mass is 352 g/mol. The zero-order chi connectivity index (χ0) is 18.5. The molecule has 3 rings (SSSR count). The second-order valence-corrected chi connectivity index (χ2v) is 5.56. The van der Waals surface area contributed by atoms with Crippen LogP contribution in [0.4, 0.5) is 5.82 Å². The van der Waals surface area contributed by atoms with Crippen LogP contribution in [-0.2, 0) is 16.1 Å². The molecule has 2 amide bonds. The number of pyridine rings is 1. The van der Waals surface area contributed by atoms with Crippen molar-refractivity contribution in [2.75, 3.05) is 11.9 Å². The number of fused-ring (bicyclic) bond motifs is 1. The second kappa shape index (κ2) is 7.51. The number of rotatable bonds is 5. The van der Waals surface area contributed by atoms with Crippen molar-refractivity contribution >= 4 is 28.5 Å². The number of aromatic nitrogens is 4. The minimum atomic E-state index is -0.524. The quantitative estimate of drug-likeness (QED) is 0.679. The van der Waals surface area contributed by atoms with Crippen molar-refractivity contribution in [2.24, 2.45) is 0 Å². The highest BCUT2D eigenvalue weighted by Gasteiger charge is 2.11. The van der Waals surface area contributed by atoms with E-state index in [0.29, 0.717) is 16.7 Å². The number of benzene rings is 1. The highest BCUT2D eigenvalue weighted by molar-refractivity contribution is 5.93. The van der Waals surface area contributed by atoms with Gasteiger partial charge in [0, 0.05) is 5.69 Å². The number of carbonyl (C=O) groups is 2. The van der Waals surface area contributed by atoms with Crippen molar-refractivity contribution in [3.63, 3.8) is 0 Å². The summed E-state index contributed by atoms with van der Waals surface area (Å²) in [5.74, 6) is -0.543. The van der Waals surface area contributed by atoms with Crippen molar-refractivity contribution in [3.05, 3.63) is 58.5 Å². The Labute approximate surface area is 148 Å². The number of aryl methyl sites for hydroxylation is 1. The Bertz CT molecular complexity index is 1030. The van der Waals surface area contributed by atoms with Gasteiger partial charge >= 0.3 is 0 Å². The Morgan fingerprint density at radius 1 is 1.08 bits per heavy atom. The van der Waals surface area contributed by atoms with E-state index in [-0.39, 0.29) is 13.1 Å². The molecule has 0 bridgehead atoms. The van der Waals surface area contributed by atoms with E-state index < -0.39 is 17.4 Å². The van der Waals surface area contributed by atoms with E-state index >= 15 is 0 Å². The standard InChI is InChI=1S/C17H16N6O3/c1-11-5-4-8-14(19-11)20-15(24)9-18-16(25)10-23-17(26)12-6-2-3-7-13(12)21-22-23/h2-8H,9-10H2,1H3,(H,18,25)(H,19,20,24). The molecule has 0 unspecified atom stereocenters. The van der Waals surface area contributed by atoms with Gasteiger partial charge in [-0.05, 0) is 31.2 Å². The number of nitrogens with zero attached hydrogens (tertiary/aromatic N) is 4. The average molecular weight is 352 g/mol. The SMILES string of the molecule is Cc1cccc(NC(=O)CNC(=O)Cn2nnc3ccccc3c2=O)n1. The van der Waals surface area contributed by atoms with E-state index in [9.17, 15) is 14.4 Å². The lowest BCUT2D eigenvalue weighted by molar-refractivity contribution is -0.124. The first kappa shape index (κ1) is 17.2. The van der Waals surface area contributed by atoms with Crippen molar-refractivity contribution in [1.29, 1.82) is 0 Å². The average Bonchev–Trinajstić information content (AvgIpc) is 2.63. The minimum absolute atomic E-state index is 0.246. The summed E-state index contributed by atoms with van der Waals surface area (Å²) in [4.78, 5) is 40.2. The maximum Gasteiger partial charge on any atom is 0.278 e. The van der Waals surface area contributed by atoms with Crippen LogP contribution >= 0.6 is 0 Å². The zero-order valence-electron chi connectivity index (χ0n) is 14.0. The molecule has 0 saturated heterocycles. The van der Waals surface area contributed by atoms with Crippen molar-refractivity contribution in [3.8, 4) is 0 Å². The van der Waals surface area contributed by atoms with Gasteiger partial charge in [-0.15, -0.1) is 5.10 Å². The zero-order valence-corrected chi connectivity index (χ0v) is 14.0. The molecule has 1 aromatic carbocycles. The molecule has 0 aliphatic carbocycles. The minimum Gasteiger partial charge on any atom is -0.345 e. The Balaban J connectivity index is 1.58. The molecule has 0 saturated carbocycles. The van der Waals surface area contributed by atoms with Gasteiger partial charge in [0.2, 0.25) is 11.8 Å². The Kier molecular flexibility index (Phi) is 4.97. The van der Waals surface area contributed by atoms with Gasteiger partial charge in [-0.25, -0.2) is 9.67 Å². The Morgan fingerprint density at radius 2 is 1.88 bits per heavy atom. The number of hydrogen-bond donors (Lipinski definition) is 2. The van der Waals surface area contributed by atoms with Crippen molar-refractivity contribution < 1.29 is 9.59 Å². The molecular formula is C17H16N6O3. The summed E-state index contributed by atoms with van der Waals surface area (Å²) >= 11 is 0. The largest absolute Gasteiger partial charge is 0.345 e. The van der Waals surface area contributed by atoms with E-state index in [4.69, 9.17) is 0 Å². The van der Waals surface area contributed by atoms with Crippen LogP contribution in [-0.4, -0.2) is 38.3 Å². The van der Waals surface area contributed by atoms with Gasteiger partial charge in [0.1, 0.15) is 17.9 Å². The molecule has 26 heavy (non-hydrogen) atoms. The molecule has 9 heteroatoms. The number of nitrogens with one attached hydrogen (secondary N) is 2. The molecule has 0 atom stereocenters. The van der Waals surface area contributed by atoms with Crippen LogP contribution in [0.2, 0.25) is 0 Å². The molecule has 2 aromatic heterocycles. The van der Waals surface area contributed by atoms with Gasteiger partial charge in [-0.2, -0.15) is 0 Å². The fourth-order valence-electron chi connectivity index (χ4n) is 2.30. The van der Waals surface area contributed by atoms with Crippen molar-refractivity contribution in [2.45, 2.75) is 13.5 Å². The topological polar surface area (TPSA) is 119 Å². The number of anilines is 1. The number of hydrogen-bond acceptors (Lipinski definition) is 6. The Hall–Kier alpha value is -3.62. The van der Waals surface area contributed by atoms with E-state index in [2.05, 4.69) is 25.9 Å². The maximum absolute atomic E-state index is 12.3. The summed E-state index contributed by atoms with van der Waals surface area (Å²) in [6.07, 6.45) is 0. The fraction of sp³-hybridized carbons (Fsp3) is 0.176. The predicted molar refractivity (Wildman–Crippen MR) is 94.4 cm³/mol. The lowest BCUT2D eigenvalue weighted by Gasteiger charge is -2.08. The molecule has 0 aliphatic heterocycles. The third kappa shape index (κ3) is 4.07. The van der Waals surface area contributed by atoms with Crippen LogP contribution < -0.4 is 16.2 Å². The first-order valence-corrected chi connectivity index (χ1v) is 7.86. The lowest BCUT2D eigenvalue weighted by Crippen LogP contribution is -2.38. The third-order valence-corrected chi connectivity index (χ3v) is 3.52. The van der Waals surface area contributed by atoms with E-state index in [1.165, 1.54) is 0 Å². The fourth-order valence-corrected chi connectivity index (χ4v) is 2.30. The summed E-state index contributed by atoms with van der Waals surface area (Å²) in [5, 5.41) is 13.0. The molecular weight excluding hydrogens is 336 g/mol. The lowest BCUT2D eigenvalue weighted by atomic mass is 10.2. The van der Waals surface area contributed by atoms with Crippen LogP contribution in [0.5, 0.6) is 0 Å². The third-order valence-electron chi connectivity index (χ3n) is 3.52. The molecule has 0 aliphatic rings. The van der Waals surface area contributed by atoms with E-state index in [1.54, 1.807) is 49.4 Å². The molecule has 3 aromatic rings. The van der Waals surface area contributed by atoms with Gasteiger partial charge in [0.25, 0.3) is 5.56 Å². The van der Waals surface area contributed by atoms with Crippen LogP contribution in [0.25, 0.3) is 10.9 Å². The molecule has 132 valence electrons. The highest BCUT2D eigenvalue weighted by atomic mass is 16.2. The summed E-state index contributed by atoms with van der Waals surface area (Å²) in [6, 6.07) is 12.0. The van der Waals surface area contributed by atoms with Gasteiger partial charge in [0.05, 0.1) is 11.9 Å². The van der Waals surface area contributed by atoms with E-state index in [0.717, 1.165) is 10.4 Å². The van der Waals surface area contributed by atoms with Crippen LogP contribution in [0, 0.1) is 6.92 Å². The molecule has 0 radical (unpaired) electrons. The summed E-state index contributed by atoms with van der Waals surface area (Å²) in [5.41, 5.74) is 0.805. The van der Waals surface area contributed by atoms with Gasteiger partial charge < -0.3 is 10.6 Å². The normalized spacial score (nSPS) is 10.5. The van der Waals surface area contributed by atoms with E-state index in [1.807, 2.05) is 0 Å². The van der Waals surface area contributed by atoms with Crippen molar-refractivity contribution in [1.82, 2.24) is 25.3 Å². The van der Waals surface area contributed by atoms with Crippen LogP contribution in [0.3, 0.4) is 0 Å². The molecule has 2 heterocycles. The molecule has 0 spiro atoms. The Morgan fingerprint density at radius 3 is 2.69 bits per heavy atom. The number of amides is 2. The first-order valence-electron chi connectivity index (χ1n) is 7.86. The summed E-state index contributed by atoms with van der Waals surface area (Å²) in [7, 11) is 0. The smallest absolute Gasteiger partial charge is 0.278 e. The van der Waals surface area contributed by atoms with Gasteiger partial charge in [-0.1, -0.05) is 23.4 Å². The number of carbonyl (C=O) groups excluding carboxylic acids is 2. The van der Waals surface area contributed by atoms with Crippen LogP contribution in [0.15, 0.2) is 47.3 Å². The van der Waals surface area contributed by atoms with Crippen LogP contribution in [0.1, 0.15) is 5.69 Å². The first-order chi connectivity index (χ1) is 12.5. The highest BCUT2D eigenvalue weighted by Crippen LogP contribution is 2.04. The van der Waals surface area contributed by atoms with Gasteiger partial charge in [-0.3, -0.25) is 14.4 Å². The summed E-state index contributed by atoms with van der Waals surface area (Å²) < 4.78 is 0.956. The second-order valence-electron chi connectivity index (χ2n) is 5.56. The molecule has 0 fully saturated rings. The summed E-state index contributed by atoms with van der Waals surface area (Å²) in [6.45, 7) is 1.23. The maximum atomic E-state index is 12.3. The van der Waals surface area contributed by atoms with Gasteiger partial charge in [0.15, 0.2) is 0 Å². The predicted octanol–water partition coefficient (Wildman–Crippen LogP) is 0.250. The molecule has 2 N–H and O–H groups in total. The molecule has 9 nitrogen and oxygen atoms in total.